The first kappa shape index (κ1) is 16.7. The maximum Gasteiger partial charge on any atom is 0.191 e. The van der Waals surface area contributed by atoms with E-state index in [4.69, 9.17) is 4.74 Å². The molecule has 3 rings (SSSR count). The molecule has 0 spiro atoms. The first-order chi connectivity index (χ1) is 11.1. The van der Waals surface area contributed by atoms with E-state index in [1.54, 1.807) is 11.3 Å². The molecule has 1 saturated carbocycles. The first-order valence-corrected chi connectivity index (χ1v) is 9.40. The molecule has 3 unspecified atom stereocenters. The Bertz CT molecular complexity index is 569. The van der Waals surface area contributed by atoms with E-state index in [9.17, 15) is 0 Å². The van der Waals surface area contributed by atoms with Gasteiger partial charge in [-0.1, -0.05) is 20.8 Å². The lowest BCUT2D eigenvalue weighted by Crippen LogP contribution is -2.70. The molecule has 3 atom stereocenters. The average molecular weight is 337 g/mol. The molecule has 0 amide bonds. The fourth-order valence-corrected chi connectivity index (χ4v) is 4.71. The molecule has 2 fully saturated rings. The summed E-state index contributed by atoms with van der Waals surface area (Å²) in [4.78, 5) is 10.2. The van der Waals surface area contributed by atoms with Crippen LogP contribution < -0.4 is 10.6 Å². The molecule has 1 aromatic heterocycles. The fourth-order valence-electron chi connectivity index (χ4n) is 3.91. The Kier molecular flexibility index (Phi) is 4.92. The van der Waals surface area contributed by atoms with Crippen molar-refractivity contribution in [3.05, 3.63) is 16.1 Å². The second kappa shape index (κ2) is 6.77. The van der Waals surface area contributed by atoms with E-state index in [1.807, 2.05) is 13.2 Å². The number of nitrogens with one attached hydrogen (secondary N) is 2. The van der Waals surface area contributed by atoms with Gasteiger partial charge >= 0.3 is 0 Å². The molecular weight excluding hydrogens is 308 g/mol. The molecule has 0 bridgehead atoms. The van der Waals surface area contributed by atoms with E-state index in [0.717, 1.165) is 30.5 Å². The minimum absolute atomic E-state index is 0.152. The SMILES string of the molecule is CCc1cnc(CNC(=NC)NC2C3CCCOC3C2(C)C)s1. The zero-order valence-electron chi connectivity index (χ0n) is 14.6. The molecule has 128 valence electrons. The maximum atomic E-state index is 5.97. The van der Waals surface area contributed by atoms with Gasteiger partial charge in [-0.3, -0.25) is 4.99 Å². The van der Waals surface area contributed by atoms with Crippen LogP contribution in [0.5, 0.6) is 0 Å². The van der Waals surface area contributed by atoms with Crippen molar-refractivity contribution in [1.82, 2.24) is 15.6 Å². The molecule has 1 aliphatic heterocycles. The zero-order chi connectivity index (χ0) is 16.4. The van der Waals surface area contributed by atoms with Crippen molar-refractivity contribution in [2.24, 2.45) is 16.3 Å². The highest BCUT2D eigenvalue weighted by atomic mass is 32.1. The maximum absolute atomic E-state index is 5.97. The van der Waals surface area contributed by atoms with Crippen LogP contribution in [0.1, 0.15) is 43.5 Å². The van der Waals surface area contributed by atoms with Crippen molar-refractivity contribution in [2.75, 3.05) is 13.7 Å². The quantitative estimate of drug-likeness (QED) is 0.655. The van der Waals surface area contributed by atoms with Gasteiger partial charge in [-0.25, -0.2) is 4.98 Å². The van der Waals surface area contributed by atoms with Gasteiger partial charge in [0.25, 0.3) is 0 Å². The normalized spacial score (nSPS) is 29.6. The fraction of sp³-hybridized carbons (Fsp3) is 0.765. The highest BCUT2D eigenvalue weighted by Gasteiger charge is 2.58. The van der Waals surface area contributed by atoms with Crippen molar-refractivity contribution >= 4 is 17.3 Å². The van der Waals surface area contributed by atoms with Crippen LogP contribution in [0.3, 0.4) is 0 Å². The number of rotatable bonds is 4. The van der Waals surface area contributed by atoms with E-state index in [2.05, 4.69) is 41.4 Å². The van der Waals surface area contributed by atoms with Gasteiger partial charge < -0.3 is 15.4 Å². The van der Waals surface area contributed by atoms with Crippen LogP contribution in [0.2, 0.25) is 0 Å². The molecule has 6 heteroatoms. The topological polar surface area (TPSA) is 58.5 Å². The van der Waals surface area contributed by atoms with E-state index in [-0.39, 0.29) is 5.41 Å². The number of hydrogen-bond acceptors (Lipinski definition) is 4. The summed E-state index contributed by atoms with van der Waals surface area (Å²) in [5.74, 6) is 1.46. The van der Waals surface area contributed by atoms with E-state index in [1.165, 1.54) is 17.7 Å². The summed E-state index contributed by atoms with van der Waals surface area (Å²) in [5.41, 5.74) is 0.152. The van der Waals surface area contributed by atoms with Crippen LogP contribution in [-0.2, 0) is 17.7 Å². The van der Waals surface area contributed by atoms with Crippen LogP contribution in [0.15, 0.2) is 11.2 Å². The molecule has 0 radical (unpaired) electrons. The Balaban J connectivity index is 1.57. The Morgan fingerprint density at radius 3 is 3.04 bits per heavy atom. The van der Waals surface area contributed by atoms with Gasteiger partial charge in [-0.15, -0.1) is 11.3 Å². The van der Waals surface area contributed by atoms with Crippen LogP contribution in [0.25, 0.3) is 0 Å². The Hall–Kier alpha value is -1.14. The largest absolute Gasteiger partial charge is 0.377 e. The van der Waals surface area contributed by atoms with Crippen molar-refractivity contribution in [3.8, 4) is 0 Å². The lowest BCUT2D eigenvalue weighted by atomic mass is 9.55. The molecule has 1 aliphatic carbocycles. The van der Waals surface area contributed by atoms with Crippen molar-refractivity contribution in [1.29, 1.82) is 0 Å². The van der Waals surface area contributed by atoms with Crippen LogP contribution >= 0.6 is 11.3 Å². The number of aliphatic imine (C=N–C) groups is 1. The zero-order valence-corrected chi connectivity index (χ0v) is 15.4. The molecule has 2 aliphatic rings. The number of fused-ring (bicyclic) bond motifs is 1. The first-order valence-electron chi connectivity index (χ1n) is 8.58. The lowest BCUT2D eigenvalue weighted by molar-refractivity contribution is -0.188. The molecule has 2 N–H and O–H groups in total. The summed E-state index contributed by atoms with van der Waals surface area (Å²) in [6, 6.07) is 0.418. The van der Waals surface area contributed by atoms with Gasteiger partial charge in [0.2, 0.25) is 0 Å². The van der Waals surface area contributed by atoms with Crippen molar-refractivity contribution < 1.29 is 4.74 Å². The molecular formula is C17H28N4OS. The monoisotopic (exact) mass is 336 g/mol. The van der Waals surface area contributed by atoms with Gasteiger partial charge in [0, 0.05) is 42.1 Å². The van der Waals surface area contributed by atoms with Crippen molar-refractivity contribution in [3.63, 3.8) is 0 Å². The van der Waals surface area contributed by atoms with Crippen LogP contribution in [-0.4, -0.2) is 36.7 Å². The van der Waals surface area contributed by atoms with E-state index < -0.39 is 0 Å². The van der Waals surface area contributed by atoms with Gasteiger partial charge in [0.05, 0.1) is 12.6 Å². The summed E-state index contributed by atoms with van der Waals surface area (Å²) >= 11 is 1.77. The van der Waals surface area contributed by atoms with Gasteiger partial charge in [0.15, 0.2) is 5.96 Å². The lowest BCUT2D eigenvalue weighted by Gasteiger charge is -2.60. The standard InChI is InChI=1S/C17H28N4OS/c1-5-11-9-19-13(23-11)10-20-16(18-4)21-14-12-7-6-8-22-15(12)17(14,2)3/h9,12,14-15H,5-8,10H2,1-4H3,(H2,18,20,21). The Morgan fingerprint density at radius 2 is 2.35 bits per heavy atom. The third-order valence-electron chi connectivity index (χ3n) is 5.20. The third kappa shape index (κ3) is 3.24. The second-order valence-corrected chi connectivity index (χ2v) is 8.24. The number of thiazole rings is 1. The molecule has 2 heterocycles. The summed E-state index contributed by atoms with van der Waals surface area (Å²) in [5, 5.41) is 8.13. The molecule has 1 saturated heterocycles. The highest BCUT2D eigenvalue weighted by Crippen LogP contribution is 2.51. The Labute approximate surface area is 142 Å². The summed E-state index contributed by atoms with van der Waals surface area (Å²) in [6.07, 6.45) is 5.81. The molecule has 1 aromatic rings. The average Bonchev–Trinajstić information content (AvgIpc) is 3.03. The van der Waals surface area contributed by atoms with Gasteiger partial charge in [-0.2, -0.15) is 0 Å². The van der Waals surface area contributed by atoms with Crippen LogP contribution in [0, 0.1) is 11.3 Å². The minimum atomic E-state index is 0.152. The summed E-state index contributed by atoms with van der Waals surface area (Å²) < 4.78 is 5.97. The highest BCUT2D eigenvalue weighted by molar-refractivity contribution is 7.11. The van der Waals surface area contributed by atoms with E-state index in [0.29, 0.717) is 18.1 Å². The molecule has 0 aromatic carbocycles. The summed E-state index contributed by atoms with van der Waals surface area (Å²) in [7, 11) is 1.83. The number of aryl methyl sites for hydroxylation is 1. The third-order valence-corrected chi connectivity index (χ3v) is 6.35. The molecule has 5 nitrogen and oxygen atoms in total. The number of guanidine groups is 1. The minimum Gasteiger partial charge on any atom is -0.377 e. The number of nitrogens with zero attached hydrogens (tertiary/aromatic N) is 2. The van der Waals surface area contributed by atoms with Gasteiger partial charge in [-0.05, 0) is 19.3 Å². The van der Waals surface area contributed by atoms with Crippen molar-refractivity contribution in [2.45, 2.75) is 58.7 Å². The van der Waals surface area contributed by atoms with E-state index >= 15 is 0 Å². The smallest absolute Gasteiger partial charge is 0.191 e. The summed E-state index contributed by atoms with van der Waals surface area (Å²) in [6.45, 7) is 8.38. The molecule has 23 heavy (non-hydrogen) atoms. The Morgan fingerprint density at radius 1 is 1.52 bits per heavy atom. The van der Waals surface area contributed by atoms with Crippen LogP contribution in [0.4, 0.5) is 0 Å². The second-order valence-electron chi connectivity index (χ2n) is 7.04. The number of ether oxygens (including phenoxy) is 1. The number of aromatic nitrogens is 1. The van der Waals surface area contributed by atoms with Gasteiger partial charge in [0.1, 0.15) is 5.01 Å². The predicted octanol–water partition coefficient (Wildman–Crippen LogP) is 2.57. The number of hydrogen-bond donors (Lipinski definition) is 2. The predicted molar refractivity (Wildman–Crippen MR) is 94.9 cm³/mol.